The van der Waals surface area contributed by atoms with Crippen LogP contribution in [0.15, 0.2) is 84.1 Å². The zero-order chi connectivity index (χ0) is 23.6. The molecule has 0 aromatic carbocycles. The number of allylic oxidation sites excluding steroid dienone is 12. The van der Waals surface area contributed by atoms with Gasteiger partial charge in [0, 0.05) is 5.57 Å². The van der Waals surface area contributed by atoms with Crippen LogP contribution in [0.4, 0.5) is 0 Å². The van der Waals surface area contributed by atoms with Crippen molar-refractivity contribution < 1.29 is 0 Å². The minimum atomic E-state index is 0.0969. The van der Waals surface area contributed by atoms with Crippen LogP contribution in [0.1, 0.15) is 67.7 Å². The van der Waals surface area contributed by atoms with E-state index in [9.17, 15) is 5.26 Å². The van der Waals surface area contributed by atoms with E-state index in [0.717, 1.165) is 24.8 Å². The van der Waals surface area contributed by atoms with Crippen molar-refractivity contribution >= 4 is 0 Å². The van der Waals surface area contributed by atoms with Gasteiger partial charge in [0.2, 0.25) is 0 Å². The highest BCUT2D eigenvalue weighted by atomic mass is 14.5. The summed E-state index contributed by atoms with van der Waals surface area (Å²) in [4.78, 5) is 0. The summed E-state index contributed by atoms with van der Waals surface area (Å²) in [6, 6.07) is 2.26. The first-order chi connectivity index (χ1) is 14.6. The van der Waals surface area contributed by atoms with Gasteiger partial charge in [-0.05, 0) is 73.8 Å². The number of rotatable bonds is 9. The number of nitriles is 1. The topological polar surface area (TPSA) is 23.8 Å². The van der Waals surface area contributed by atoms with Crippen molar-refractivity contribution in [2.24, 2.45) is 29.1 Å². The molecular formula is C30H43N. The molecule has 168 valence electrons. The van der Waals surface area contributed by atoms with Crippen LogP contribution in [0, 0.1) is 40.4 Å². The lowest BCUT2D eigenvalue weighted by Crippen LogP contribution is -2.45. The zero-order valence-corrected chi connectivity index (χ0v) is 20.9. The highest BCUT2D eigenvalue weighted by molar-refractivity contribution is 5.33. The van der Waals surface area contributed by atoms with Crippen molar-refractivity contribution in [3.8, 4) is 6.07 Å². The van der Waals surface area contributed by atoms with Gasteiger partial charge < -0.3 is 0 Å². The van der Waals surface area contributed by atoms with Gasteiger partial charge in [-0.1, -0.05) is 101 Å². The molecule has 0 heterocycles. The monoisotopic (exact) mass is 417 g/mol. The van der Waals surface area contributed by atoms with Gasteiger partial charge in [-0.25, -0.2) is 0 Å². The Morgan fingerprint density at radius 1 is 1.13 bits per heavy atom. The van der Waals surface area contributed by atoms with Crippen molar-refractivity contribution in [3.63, 3.8) is 0 Å². The van der Waals surface area contributed by atoms with Crippen LogP contribution in [-0.2, 0) is 0 Å². The van der Waals surface area contributed by atoms with Crippen molar-refractivity contribution in [1.82, 2.24) is 0 Å². The second-order valence-electron chi connectivity index (χ2n) is 9.39. The third-order valence-electron chi connectivity index (χ3n) is 7.60. The van der Waals surface area contributed by atoms with E-state index in [1.165, 1.54) is 16.7 Å². The highest BCUT2D eigenvalue weighted by Gasteiger charge is 2.47. The molecule has 0 saturated heterocycles. The van der Waals surface area contributed by atoms with Crippen LogP contribution in [0.5, 0.6) is 0 Å². The largest absolute Gasteiger partial charge is 0.193 e. The maximum atomic E-state index is 9.22. The molecule has 0 radical (unpaired) electrons. The minimum absolute atomic E-state index is 0.0969. The lowest BCUT2D eigenvalue weighted by molar-refractivity contribution is 0.0590. The fourth-order valence-electron chi connectivity index (χ4n) is 4.82. The predicted molar refractivity (Wildman–Crippen MR) is 137 cm³/mol. The van der Waals surface area contributed by atoms with Gasteiger partial charge in [-0.15, -0.1) is 0 Å². The second kappa shape index (κ2) is 12.5. The lowest BCUT2D eigenvalue weighted by atomic mass is 9.52. The van der Waals surface area contributed by atoms with Crippen LogP contribution in [-0.4, -0.2) is 0 Å². The average Bonchev–Trinajstić information content (AvgIpc) is 2.76. The summed E-state index contributed by atoms with van der Waals surface area (Å²) < 4.78 is 0. The van der Waals surface area contributed by atoms with Crippen molar-refractivity contribution in [2.75, 3.05) is 0 Å². The van der Waals surface area contributed by atoms with E-state index in [1.807, 2.05) is 19.1 Å². The summed E-state index contributed by atoms with van der Waals surface area (Å²) >= 11 is 0. The first kappa shape index (κ1) is 26.7. The van der Waals surface area contributed by atoms with E-state index < -0.39 is 0 Å². The Balaban J connectivity index is 3.29. The van der Waals surface area contributed by atoms with E-state index >= 15 is 0 Å². The Labute approximate surface area is 192 Å². The fraction of sp³-hybridized carbons (Fsp3) is 0.500. The molecule has 0 aromatic heterocycles. The van der Waals surface area contributed by atoms with Crippen molar-refractivity contribution in [1.29, 1.82) is 5.26 Å². The van der Waals surface area contributed by atoms with E-state index in [0.29, 0.717) is 23.7 Å². The molecule has 1 aliphatic rings. The maximum Gasteiger partial charge on any atom is 0.0944 e. The SMILES string of the molecule is C=C/C=C\[C@@]1(C)C(C)C(C)/C(=C\C=C(/C)C#N)[C@H](CCC(=C)/C(C)=C/C=C\CC)C1C. The molecule has 1 heteroatoms. The number of hydrogen-bond acceptors (Lipinski definition) is 1. The molecular weight excluding hydrogens is 374 g/mol. The van der Waals surface area contributed by atoms with Crippen LogP contribution in [0.25, 0.3) is 0 Å². The van der Waals surface area contributed by atoms with Gasteiger partial charge in [-0.3, -0.25) is 0 Å². The smallest absolute Gasteiger partial charge is 0.0944 e. The summed E-state index contributed by atoms with van der Waals surface area (Å²) in [7, 11) is 0. The van der Waals surface area contributed by atoms with Crippen LogP contribution >= 0.6 is 0 Å². The van der Waals surface area contributed by atoms with Crippen LogP contribution in [0.3, 0.4) is 0 Å². The number of hydrogen-bond donors (Lipinski definition) is 0. The summed E-state index contributed by atoms with van der Waals surface area (Å²) in [5, 5.41) is 9.22. The molecule has 0 aromatic rings. The molecule has 1 saturated carbocycles. The second-order valence-corrected chi connectivity index (χ2v) is 9.39. The molecule has 1 nitrogen and oxygen atoms in total. The van der Waals surface area contributed by atoms with E-state index in [1.54, 1.807) is 0 Å². The lowest BCUT2D eigenvalue weighted by Gasteiger charge is -2.52. The van der Waals surface area contributed by atoms with E-state index in [-0.39, 0.29) is 5.41 Å². The summed E-state index contributed by atoms with van der Waals surface area (Å²) in [5.41, 5.74) is 4.80. The van der Waals surface area contributed by atoms with Gasteiger partial charge >= 0.3 is 0 Å². The Morgan fingerprint density at radius 3 is 2.39 bits per heavy atom. The van der Waals surface area contributed by atoms with Crippen LogP contribution in [0.2, 0.25) is 0 Å². The van der Waals surface area contributed by atoms with Gasteiger partial charge in [0.1, 0.15) is 0 Å². The summed E-state index contributed by atoms with van der Waals surface area (Å²) in [5.74, 6) is 1.87. The molecule has 1 aliphatic carbocycles. The average molecular weight is 418 g/mol. The molecule has 1 rings (SSSR count). The van der Waals surface area contributed by atoms with Crippen molar-refractivity contribution in [2.45, 2.75) is 67.7 Å². The molecule has 0 bridgehead atoms. The molecule has 0 spiro atoms. The minimum Gasteiger partial charge on any atom is -0.193 e. The maximum absolute atomic E-state index is 9.22. The molecule has 31 heavy (non-hydrogen) atoms. The normalized spacial score (nSPS) is 31.4. The predicted octanol–water partition coefficient (Wildman–Crippen LogP) is 8.92. The molecule has 1 fully saturated rings. The third-order valence-corrected chi connectivity index (χ3v) is 7.60. The molecule has 3 unspecified atom stereocenters. The van der Waals surface area contributed by atoms with E-state index in [2.05, 4.69) is 97.2 Å². The van der Waals surface area contributed by atoms with Gasteiger partial charge in [0.05, 0.1) is 6.07 Å². The molecule has 0 aliphatic heterocycles. The number of nitrogens with zero attached hydrogens (tertiary/aromatic N) is 1. The Morgan fingerprint density at radius 2 is 1.81 bits per heavy atom. The quantitative estimate of drug-likeness (QED) is 0.271. The Bertz CT molecular complexity index is 823. The zero-order valence-electron chi connectivity index (χ0n) is 20.9. The van der Waals surface area contributed by atoms with Gasteiger partial charge in [0.15, 0.2) is 0 Å². The first-order valence-electron chi connectivity index (χ1n) is 11.7. The van der Waals surface area contributed by atoms with Crippen molar-refractivity contribution in [3.05, 3.63) is 84.1 Å². The van der Waals surface area contributed by atoms with Crippen LogP contribution < -0.4 is 0 Å². The Kier molecular flexibility index (Phi) is 10.8. The van der Waals surface area contributed by atoms with E-state index in [4.69, 9.17) is 0 Å². The molecule has 0 N–H and O–H groups in total. The van der Waals surface area contributed by atoms with Gasteiger partial charge in [0.25, 0.3) is 0 Å². The summed E-state index contributed by atoms with van der Waals surface area (Å²) in [6.07, 6.45) is 20.2. The standard InChI is InChI=1S/C30H43N/c1-10-12-14-15-23(4)24(5)17-19-29-27(8)30(9,20-13-11-2)26(7)25(6)28(29)18-16-22(3)21-31/h11-16,18,20,25-27,29H,2,5,10,17,19H2,1,3-4,6-9H3/b14-12-,20-13-,22-16+,23-15+,28-18+/t25?,26?,27?,29-,30+/m1/s1. The van der Waals surface area contributed by atoms with Gasteiger partial charge in [-0.2, -0.15) is 5.26 Å². The fourth-order valence-corrected chi connectivity index (χ4v) is 4.82. The first-order valence-corrected chi connectivity index (χ1v) is 11.7. The molecule has 0 amide bonds. The Hall–Kier alpha value is -2.33. The molecule has 5 atom stereocenters. The third kappa shape index (κ3) is 6.83. The summed E-state index contributed by atoms with van der Waals surface area (Å²) in [6.45, 7) is 23.9. The highest BCUT2D eigenvalue weighted by Crippen LogP contribution is 2.55.